The zero-order valence-electron chi connectivity index (χ0n) is 10.4. The highest BCUT2D eigenvalue weighted by atomic mass is 16.5. The number of aliphatic hydroxyl groups is 1. The van der Waals surface area contributed by atoms with Gasteiger partial charge in [-0.05, 0) is 26.3 Å². The molecule has 1 aliphatic heterocycles. The first-order valence-corrected chi connectivity index (χ1v) is 6.23. The fourth-order valence-electron chi connectivity index (χ4n) is 2.02. The van der Waals surface area contributed by atoms with E-state index in [9.17, 15) is 4.79 Å². The summed E-state index contributed by atoms with van der Waals surface area (Å²) in [7, 11) is 0. The zero-order chi connectivity index (χ0) is 13.0. The Bertz CT molecular complexity index is 401. The third-order valence-corrected chi connectivity index (χ3v) is 3.03. The highest BCUT2D eigenvalue weighted by Crippen LogP contribution is 2.21. The number of likely N-dealkylation sites (N-methyl/N-ethyl adjacent to an activating group) is 1. The Balaban J connectivity index is 2.06. The largest absolute Gasteiger partial charge is 0.395 e. The average Bonchev–Trinajstić information content (AvgIpc) is 3.04. The third-order valence-electron chi connectivity index (χ3n) is 3.03. The van der Waals surface area contributed by atoms with Crippen LogP contribution >= 0.6 is 0 Å². The van der Waals surface area contributed by atoms with E-state index < -0.39 is 0 Å². The van der Waals surface area contributed by atoms with Crippen molar-refractivity contribution in [2.75, 3.05) is 26.2 Å². The van der Waals surface area contributed by atoms with Crippen LogP contribution in [0.2, 0.25) is 0 Å². The van der Waals surface area contributed by atoms with Crippen molar-refractivity contribution >= 4 is 5.91 Å². The lowest BCUT2D eigenvalue weighted by molar-refractivity contribution is 0.0716. The topological polar surface area (TPSA) is 91.5 Å². The standard InChI is InChI=1S/C11H18N4O3/c1-2-15(6-7-16)11(17)9-13-10(18-14-9)8-4-3-5-12-8/h8,12,16H,2-7H2,1H3. The van der Waals surface area contributed by atoms with E-state index in [0.717, 1.165) is 19.4 Å². The summed E-state index contributed by atoms with van der Waals surface area (Å²) < 4.78 is 5.11. The van der Waals surface area contributed by atoms with E-state index in [1.54, 1.807) is 0 Å². The Morgan fingerprint density at radius 3 is 3.11 bits per heavy atom. The van der Waals surface area contributed by atoms with Crippen molar-refractivity contribution in [3.63, 3.8) is 0 Å². The van der Waals surface area contributed by atoms with Crippen molar-refractivity contribution in [3.8, 4) is 0 Å². The van der Waals surface area contributed by atoms with E-state index in [1.165, 1.54) is 4.90 Å². The number of aromatic nitrogens is 2. The number of carbonyl (C=O) groups is 1. The summed E-state index contributed by atoms with van der Waals surface area (Å²) in [5.74, 6) is 0.226. The molecule has 1 unspecified atom stereocenters. The fraction of sp³-hybridized carbons (Fsp3) is 0.727. The van der Waals surface area contributed by atoms with Gasteiger partial charge in [-0.1, -0.05) is 5.16 Å². The minimum absolute atomic E-state index is 0.0620. The summed E-state index contributed by atoms with van der Waals surface area (Å²) in [5, 5.41) is 15.8. The van der Waals surface area contributed by atoms with E-state index in [2.05, 4.69) is 15.5 Å². The van der Waals surface area contributed by atoms with Gasteiger partial charge in [0.25, 0.3) is 11.7 Å². The molecule has 2 N–H and O–H groups in total. The predicted molar refractivity (Wildman–Crippen MR) is 62.9 cm³/mol. The fourth-order valence-corrected chi connectivity index (χ4v) is 2.02. The van der Waals surface area contributed by atoms with Crippen molar-refractivity contribution in [2.45, 2.75) is 25.8 Å². The molecule has 1 atom stereocenters. The first-order chi connectivity index (χ1) is 8.76. The van der Waals surface area contributed by atoms with Crippen LogP contribution in [0.15, 0.2) is 4.52 Å². The number of nitrogens with one attached hydrogen (secondary N) is 1. The predicted octanol–water partition coefficient (Wildman–Crippen LogP) is -0.0515. The van der Waals surface area contributed by atoms with Gasteiger partial charge in [0.15, 0.2) is 0 Å². The quantitative estimate of drug-likeness (QED) is 0.765. The lowest BCUT2D eigenvalue weighted by atomic mass is 10.2. The Morgan fingerprint density at radius 2 is 2.50 bits per heavy atom. The Labute approximate surface area is 105 Å². The van der Waals surface area contributed by atoms with Gasteiger partial charge in [0.1, 0.15) is 0 Å². The van der Waals surface area contributed by atoms with Gasteiger partial charge in [-0.25, -0.2) is 0 Å². The molecule has 0 bridgehead atoms. The van der Waals surface area contributed by atoms with Crippen LogP contribution in [0.1, 0.15) is 42.3 Å². The Kier molecular flexibility index (Phi) is 4.27. The molecule has 0 aliphatic carbocycles. The summed E-state index contributed by atoms with van der Waals surface area (Å²) in [5.41, 5.74) is 0. The lowest BCUT2D eigenvalue weighted by Crippen LogP contribution is -2.34. The number of nitrogens with zero attached hydrogens (tertiary/aromatic N) is 3. The van der Waals surface area contributed by atoms with Gasteiger partial charge in [-0.15, -0.1) is 0 Å². The third kappa shape index (κ3) is 2.68. The second kappa shape index (κ2) is 5.92. The zero-order valence-corrected chi connectivity index (χ0v) is 10.4. The van der Waals surface area contributed by atoms with Crippen LogP contribution in [0.4, 0.5) is 0 Å². The highest BCUT2D eigenvalue weighted by Gasteiger charge is 2.25. The molecule has 0 spiro atoms. The molecule has 1 amide bonds. The summed E-state index contributed by atoms with van der Waals surface area (Å²) >= 11 is 0. The molecule has 1 saturated heterocycles. The Hall–Kier alpha value is -1.47. The lowest BCUT2D eigenvalue weighted by Gasteiger charge is -2.16. The van der Waals surface area contributed by atoms with Crippen LogP contribution in [-0.2, 0) is 0 Å². The molecule has 1 aliphatic rings. The molecule has 100 valence electrons. The molecule has 2 rings (SSSR count). The maximum atomic E-state index is 12.0. The van der Waals surface area contributed by atoms with Gasteiger partial charge in [-0.2, -0.15) is 4.98 Å². The second-order valence-electron chi connectivity index (χ2n) is 4.21. The number of amides is 1. The van der Waals surface area contributed by atoms with Crippen LogP contribution in [0.5, 0.6) is 0 Å². The summed E-state index contributed by atoms with van der Waals surface area (Å²) in [6.45, 7) is 3.48. The van der Waals surface area contributed by atoms with Crippen molar-refractivity contribution in [1.82, 2.24) is 20.4 Å². The number of hydrogen-bond acceptors (Lipinski definition) is 6. The van der Waals surface area contributed by atoms with Crippen LogP contribution in [0.25, 0.3) is 0 Å². The molecule has 7 nitrogen and oxygen atoms in total. The molecule has 7 heteroatoms. The average molecular weight is 254 g/mol. The molecule has 1 aromatic rings. The SMILES string of the molecule is CCN(CCO)C(=O)c1noc(C2CCCN2)n1. The van der Waals surface area contributed by atoms with Crippen molar-refractivity contribution in [2.24, 2.45) is 0 Å². The molecular formula is C11H18N4O3. The van der Waals surface area contributed by atoms with Crippen molar-refractivity contribution < 1.29 is 14.4 Å². The summed E-state index contributed by atoms with van der Waals surface area (Å²) in [6, 6.07) is 0.0620. The van der Waals surface area contributed by atoms with Gasteiger partial charge >= 0.3 is 0 Å². The van der Waals surface area contributed by atoms with Crippen LogP contribution < -0.4 is 5.32 Å². The van der Waals surface area contributed by atoms with Crippen LogP contribution in [0.3, 0.4) is 0 Å². The molecular weight excluding hydrogens is 236 g/mol. The van der Waals surface area contributed by atoms with Gasteiger partial charge in [0.2, 0.25) is 5.89 Å². The molecule has 18 heavy (non-hydrogen) atoms. The van der Waals surface area contributed by atoms with E-state index in [0.29, 0.717) is 12.4 Å². The molecule has 0 saturated carbocycles. The van der Waals surface area contributed by atoms with E-state index >= 15 is 0 Å². The maximum absolute atomic E-state index is 12.0. The van der Waals surface area contributed by atoms with Gasteiger partial charge in [0.05, 0.1) is 12.6 Å². The Morgan fingerprint density at radius 1 is 1.67 bits per heavy atom. The molecule has 1 fully saturated rings. The smallest absolute Gasteiger partial charge is 0.295 e. The van der Waals surface area contributed by atoms with E-state index in [4.69, 9.17) is 9.63 Å². The monoisotopic (exact) mass is 254 g/mol. The summed E-state index contributed by atoms with van der Waals surface area (Å²) in [6.07, 6.45) is 2.02. The molecule has 2 heterocycles. The minimum Gasteiger partial charge on any atom is -0.395 e. The molecule has 0 aromatic carbocycles. The van der Waals surface area contributed by atoms with E-state index in [1.807, 2.05) is 6.92 Å². The van der Waals surface area contributed by atoms with Crippen molar-refractivity contribution in [1.29, 1.82) is 0 Å². The number of aliphatic hydroxyl groups excluding tert-OH is 1. The van der Waals surface area contributed by atoms with Crippen molar-refractivity contribution in [3.05, 3.63) is 11.7 Å². The maximum Gasteiger partial charge on any atom is 0.295 e. The summed E-state index contributed by atoms with van der Waals surface area (Å²) in [4.78, 5) is 17.6. The minimum atomic E-state index is -0.306. The number of hydrogen-bond donors (Lipinski definition) is 2. The van der Waals surface area contributed by atoms with Crippen LogP contribution in [0, 0.1) is 0 Å². The molecule has 0 radical (unpaired) electrons. The number of carbonyl (C=O) groups excluding carboxylic acids is 1. The van der Waals surface area contributed by atoms with Gasteiger partial charge < -0.3 is 19.8 Å². The first kappa shape index (κ1) is 13.0. The van der Waals surface area contributed by atoms with E-state index in [-0.39, 0.29) is 30.9 Å². The second-order valence-corrected chi connectivity index (χ2v) is 4.21. The highest BCUT2D eigenvalue weighted by molar-refractivity contribution is 5.90. The van der Waals surface area contributed by atoms with Gasteiger partial charge in [0, 0.05) is 13.1 Å². The molecule has 1 aromatic heterocycles. The first-order valence-electron chi connectivity index (χ1n) is 6.23. The van der Waals surface area contributed by atoms with Crippen LogP contribution in [-0.4, -0.2) is 52.3 Å². The van der Waals surface area contributed by atoms with Gasteiger partial charge in [-0.3, -0.25) is 4.79 Å². The normalized spacial score (nSPS) is 19.1. The number of rotatable bonds is 5.